The van der Waals surface area contributed by atoms with Crippen molar-refractivity contribution in [2.75, 3.05) is 12.4 Å². The first-order valence-corrected chi connectivity index (χ1v) is 3.93. The van der Waals surface area contributed by atoms with Crippen molar-refractivity contribution < 1.29 is 9.53 Å². The SMILES string of the molecule is CCOC1=NNC(=O)CS1. The Hall–Kier alpha value is -0.710. The monoisotopic (exact) mass is 160 g/mol. The number of amides is 1. The highest BCUT2D eigenvalue weighted by Crippen LogP contribution is 2.07. The maximum Gasteiger partial charge on any atom is 0.268 e. The fourth-order valence-corrected chi connectivity index (χ4v) is 1.13. The minimum absolute atomic E-state index is 0.0755. The average molecular weight is 160 g/mol. The van der Waals surface area contributed by atoms with E-state index in [9.17, 15) is 4.79 Å². The lowest BCUT2D eigenvalue weighted by molar-refractivity contribution is -0.118. The van der Waals surface area contributed by atoms with E-state index in [0.717, 1.165) is 0 Å². The maximum absolute atomic E-state index is 10.5. The molecule has 0 aliphatic carbocycles. The molecule has 0 atom stereocenters. The second kappa shape index (κ2) is 3.46. The number of hydrogen-bond donors (Lipinski definition) is 1. The van der Waals surface area contributed by atoms with Gasteiger partial charge in [-0.25, -0.2) is 5.43 Å². The van der Waals surface area contributed by atoms with Crippen LogP contribution in [0.2, 0.25) is 0 Å². The molecule has 4 nitrogen and oxygen atoms in total. The standard InChI is InChI=1S/C5H8N2O2S/c1-2-9-5-7-6-4(8)3-10-5/h2-3H2,1H3,(H,6,8). The molecule has 0 radical (unpaired) electrons. The van der Waals surface area contributed by atoms with Crippen LogP contribution in [0.25, 0.3) is 0 Å². The second-order valence-electron chi connectivity index (χ2n) is 1.63. The number of carbonyl (C=O) groups excluding carboxylic acids is 1. The van der Waals surface area contributed by atoms with Crippen LogP contribution in [0.5, 0.6) is 0 Å². The predicted octanol–water partition coefficient (Wildman–Crippen LogP) is 0.157. The van der Waals surface area contributed by atoms with Crippen LogP contribution < -0.4 is 5.43 Å². The number of ether oxygens (including phenoxy) is 1. The molecule has 0 aromatic heterocycles. The molecule has 1 N–H and O–H groups in total. The molecule has 0 aromatic rings. The minimum atomic E-state index is -0.0755. The Bertz CT molecular complexity index is 169. The van der Waals surface area contributed by atoms with Crippen molar-refractivity contribution in [3.05, 3.63) is 0 Å². The molecule has 1 aliphatic heterocycles. The lowest BCUT2D eigenvalue weighted by Crippen LogP contribution is -2.27. The molecule has 56 valence electrons. The zero-order chi connectivity index (χ0) is 7.40. The number of thioether (sulfide) groups is 1. The van der Waals surface area contributed by atoms with Crippen LogP contribution >= 0.6 is 11.8 Å². The molecule has 1 amide bonds. The van der Waals surface area contributed by atoms with E-state index in [0.29, 0.717) is 17.6 Å². The Morgan fingerprint density at radius 1 is 1.90 bits per heavy atom. The Morgan fingerprint density at radius 3 is 3.20 bits per heavy atom. The molecular formula is C5H8N2O2S. The molecule has 0 spiro atoms. The third-order valence-corrected chi connectivity index (χ3v) is 1.73. The van der Waals surface area contributed by atoms with Crippen LogP contribution in [-0.2, 0) is 9.53 Å². The van der Waals surface area contributed by atoms with Gasteiger partial charge in [-0.15, -0.1) is 5.10 Å². The molecule has 0 unspecified atom stereocenters. The van der Waals surface area contributed by atoms with Gasteiger partial charge in [-0.1, -0.05) is 11.8 Å². The lowest BCUT2D eigenvalue weighted by Gasteiger charge is -2.10. The summed E-state index contributed by atoms with van der Waals surface area (Å²) in [6, 6.07) is 0. The Kier molecular flexibility index (Phi) is 2.56. The molecule has 0 saturated carbocycles. The summed E-state index contributed by atoms with van der Waals surface area (Å²) >= 11 is 1.31. The van der Waals surface area contributed by atoms with E-state index in [-0.39, 0.29) is 5.91 Å². The fraction of sp³-hybridized carbons (Fsp3) is 0.600. The van der Waals surface area contributed by atoms with Crippen molar-refractivity contribution in [1.29, 1.82) is 0 Å². The van der Waals surface area contributed by atoms with Crippen molar-refractivity contribution in [1.82, 2.24) is 5.43 Å². The summed E-state index contributed by atoms with van der Waals surface area (Å²) in [5.41, 5.74) is 2.32. The molecular weight excluding hydrogens is 152 g/mol. The summed E-state index contributed by atoms with van der Waals surface area (Å²) in [5.74, 6) is 0.326. The van der Waals surface area contributed by atoms with Gasteiger partial charge in [-0.3, -0.25) is 4.79 Å². The topological polar surface area (TPSA) is 50.7 Å². The Labute approximate surface area is 63.0 Å². The van der Waals surface area contributed by atoms with Gasteiger partial charge in [-0.2, -0.15) is 0 Å². The summed E-state index contributed by atoms with van der Waals surface area (Å²) in [6.45, 7) is 2.46. The van der Waals surface area contributed by atoms with Crippen molar-refractivity contribution >= 4 is 22.9 Å². The van der Waals surface area contributed by atoms with Gasteiger partial charge in [0, 0.05) is 0 Å². The van der Waals surface area contributed by atoms with Crippen LogP contribution in [0.4, 0.5) is 0 Å². The lowest BCUT2D eigenvalue weighted by atomic mass is 10.7. The highest BCUT2D eigenvalue weighted by atomic mass is 32.2. The Morgan fingerprint density at radius 2 is 2.70 bits per heavy atom. The number of nitrogens with one attached hydrogen (secondary N) is 1. The highest BCUT2D eigenvalue weighted by Gasteiger charge is 2.11. The fourth-order valence-electron chi connectivity index (χ4n) is 0.497. The quantitative estimate of drug-likeness (QED) is 0.594. The van der Waals surface area contributed by atoms with Crippen LogP contribution in [0.15, 0.2) is 5.10 Å². The number of hydrazone groups is 1. The zero-order valence-corrected chi connectivity index (χ0v) is 6.40. The first-order valence-electron chi connectivity index (χ1n) is 2.95. The number of nitrogens with zero attached hydrogens (tertiary/aromatic N) is 1. The van der Waals surface area contributed by atoms with Crippen LogP contribution in [0.3, 0.4) is 0 Å². The van der Waals surface area contributed by atoms with Crippen molar-refractivity contribution in [2.45, 2.75) is 6.92 Å². The van der Waals surface area contributed by atoms with E-state index in [1.165, 1.54) is 11.8 Å². The molecule has 0 fully saturated rings. The van der Waals surface area contributed by atoms with Gasteiger partial charge in [0.05, 0.1) is 12.4 Å². The zero-order valence-electron chi connectivity index (χ0n) is 5.59. The van der Waals surface area contributed by atoms with Gasteiger partial charge in [0.25, 0.3) is 11.1 Å². The summed E-state index contributed by atoms with van der Waals surface area (Å²) in [5, 5.41) is 4.20. The van der Waals surface area contributed by atoms with Gasteiger partial charge >= 0.3 is 0 Å². The van der Waals surface area contributed by atoms with E-state index in [2.05, 4.69) is 10.5 Å². The highest BCUT2D eigenvalue weighted by molar-refractivity contribution is 8.14. The number of hydrogen-bond acceptors (Lipinski definition) is 4. The van der Waals surface area contributed by atoms with E-state index in [1.807, 2.05) is 6.92 Å². The molecule has 1 rings (SSSR count). The summed E-state index contributed by atoms with van der Waals surface area (Å²) in [6.07, 6.45) is 0. The summed E-state index contributed by atoms with van der Waals surface area (Å²) < 4.78 is 5.03. The van der Waals surface area contributed by atoms with Gasteiger partial charge in [0.15, 0.2) is 0 Å². The maximum atomic E-state index is 10.5. The van der Waals surface area contributed by atoms with Gasteiger partial charge < -0.3 is 4.74 Å². The van der Waals surface area contributed by atoms with Crippen molar-refractivity contribution in [3.63, 3.8) is 0 Å². The van der Waals surface area contributed by atoms with E-state index in [4.69, 9.17) is 4.74 Å². The Balaban J connectivity index is 2.40. The molecule has 10 heavy (non-hydrogen) atoms. The average Bonchev–Trinajstić information content (AvgIpc) is 1.95. The number of carbonyl (C=O) groups is 1. The van der Waals surface area contributed by atoms with E-state index < -0.39 is 0 Å². The smallest absolute Gasteiger partial charge is 0.268 e. The van der Waals surface area contributed by atoms with Crippen molar-refractivity contribution in [3.8, 4) is 0 Å². The summed E-state index contributed by atoms with van der Waals surface area (Å²) in [7, 11) is 0. The number of rotatable bonds is 1. The first kappa shape index (κ1) is 7.40. The molecule has 0 aromatic carbocycles. The third-order valence-electron chi connectivity index (χ3n) is 0.866. The van der Waals surface area contributed by atoms with E-state index in [1.54, 1.807) is 0 Å². The molecule has 0 saturated heterocycles. The van der Waals surface area contributed by atoms with E-state index >= 15 is 0 Å². The second-order valence-corrected chi connectivity index (χ2v) is 2.56. The van der Waals surface area contributed by atoms with Crippen molar-refractivity contribution in [2.24, 2.45) is 5.10 Å². The minimum Gasteiger partial charge on any atom is -0.472 e. The van der Waals surface area contributed by atoms with Gasteiger partial charge in [-0.05, 0) is 6.92 Å². The molecule has 1 aliphatic rings. The molecule has 0 bridgehead atoms. The van der Waals surface area contributed by atoms with Crippen LogP contribution in [0.1, 0.15) is 6.92 Å². The van der Waals surface area contributed by atoms with Gasteiger partial charge in [0.2, 0.25) is 0 Å². The van der Waals surface area contributed by atoms with Crippen LogP contribution in [0, 0.1) is 0 Å². The largest absolute Gasteiger partial charge is 0.472 e. The van der Waals surface area contributed by atoms with Crippen LogP contribution in [-0.4, -0.2) is 23.5 Å². The normalized spacial score (nSPS) is 17.7. The third kappa shape index (κ3) is 1.91. The first-order chi connectivity index (χ1) is 4.83. The molecule has 5 heteroatoms. The van der Waals surface area contributed by atoms with Gasteiger partial charge in [0.1, 0.15) is 0 Å². The summed E-state index contributed by atoms with van der Waals surface area (Å²) in [4.78, 5) is 10.5. The predicted molar refractivity (Wildman–Crippen MR) is 39.7 cm³/mol. The molecule has 1 heterocycles.